The van der Waals surface area contributed by atoms with Crippen LogP contribution in [0.4, 0.5) is 23.3 Å². The van der Waals surface area contributed by atoms with Gasteiger partial charge in [-0.3, -0.25) is 4.79 Å². The minimum absolute atomic E-state index is 0.0138. The molecular weight excluding hydrogens is 424 g/mol. The lowest BCUT2D eigenvalue weighted by molar-refractivity contribution is -0.147. The number of esters is 1. The van der Waals surface area contributed by atoms with Crippen molar-refractivity contribution < 1.29 is 19.1 Å². The number of rotatable bonds is 8. The Balaban J connectivity index is 1.28. The quantitative estimate of drug-likeness (QED) is 0.499. The van der Waals surface area contributed by atoms with Crippen LogP contribution in [0.15, 0.2) is 48.5 Å². The van der Waals surface area contributed by atoms with E-state index in [-0.39, 0.29) is 36.8 Å². The van der Waals surface area contributed by atoms with Crippen molar-refractivity contribution in [3.05, 3.63) is 59.9 Å². The average Bonchev–Trinajstić information content (AvgIpc) is 3.24. The summed E-state index contributed by atoms with van der Waals surface area (Å²) in [6.45, 7) is 2.22. The van der Waals surface area contributed by atoms with Gasteiger partial charge in [-0.1, -0.05) is 18.2 Å². The second-order valence-corrected chi connectivity index (χ2v) is 7.47. The van der Waals surface area contributed by atoms with Gasteiger partial charge in [-0.05, 0) is 49.2 Å². The first-order valence-electron chi connectivity index (χ1n) is 10.5. The number of hydrogen-bond acceptors (Lipinski definition) is 9. The predicted octanol–water partition coefficient (Wildman–Crippen LogP) is 2.75. The summed E-state index contributed by atoms with van der Waals surface area (Å²) in [5.74, 6) is 0.517. The highest BCUT2D eigenvalue weighted by Gasteiger charge is 2.21. The Labute approximate surface area is 190 Å². The van der Waals surface area contributed by atoms with Crippen LogP contribution in [0.2, 0.25) is 0 Å². The Morgan fingerprint density at radius 2 is 1.91 bits per heavy atom. The molecule has 0 aliphatic carbocycles. The van der Waals surface area contributed by atoms with Gasteiger partial charge >= 0.3 is 5.97 Å². The number of anilines is 4. The number of para-hydroxylation sites is 1. The van der Waals surface area contributed by atoms with E-state index < -0.39 is 5.97 Å². The molecule has 1 saturated heterocycles. The number of amides is 1. The van der Waals surface area contributed by atoms with Crippen molar-refractivity contribution in [2.24, 2.45) is 0 Å². The molecule has 3 aromatic rings. The van der Waals surface area contributed by atoms with Crippen LogP contribution in [-0.4, -0.2) is 40.0 Å². The number of nitrogens with two attached hydrogens (primary N) is 1. The number of ether oxygens (including phenoxy) is 2. The summed E-state index contributed by atoms with van der Waals surface area (Å²) in [6, 6.07) is 14.7. The molecule has 170 valence electrons. The zero-order valence-corrected chi connectivity index (χ0v) is 18.2. The summed E-state index contributed by atoms with van der Waals surface area (Å²) < 4.78 is 10.7. The molecule has 4 rings (SSSR count). The van der Waals surface area contributed by atoms with Gasteiger partial charge in [-0.25, -0.2) is 4.79 Å². The Kier molecular flexibility index (Phi) is 6.63. The number of nitrogens with zero attached hydrogens (tertiary/aromatic N) is 4. The number of benzene rings is 2. The van der Waals surface area contributed by atoms with E-state index in [9.17, 15) is 9.59 Å². The van der Waals surface area contributed by atoms with Gasteiger partial charge in [-0.15, -0.1) is 0 Å². The van der Waals surface area contributed by atoms with Crippen LogP contribution in [0.5, 0.6) is 5.75 Å². The molecule has 0 atom stereocenters. The van der Waals surface area contributed by atoms with Gasteiger partial charge in [0.15, 0.2) is 19.0 Å². The monoisotopic (exact) mass is 448 g/mol. The van der Waals surface area contributed by atoms with Gasteiger partial charge in [0.05, 0.1) is 0 Å². The predicted molar refractivity (Wildman–Crippen MR) is 122 cm³/mol. The van der Waals surface area contributed by atoms with E-state index >= 15 is 0 Å². The highest BCUT2D eigenvalue weighted by Crippen LogP contribution is 2.24. The number of carbonyl (C=O) groups is 2. The molecule has 2 heterocycles. The fraction of sp³-hybridized carbons (Fsp3) is 0.261. The van der Waals surface area contributed by atoms with Crippen molar-refractivity contribution in [3.8, 4) is 5.75 Å². The van der Waals surface area contributed by atoms with Crippen LogP contribution in [0, 0.1) is 6.92 Å². The van der Waals surface area contributed by atoms with Crippen molar-refractivity contribution in [3.63, 3.8) is 0 Å². The molecule has 1 aromatic heterocycles. The van der Waals surface area contributed by atoms with Gasteiger partial charge in [0.1, 0.15) is 5.75 Å². The number of carbonyl (C=O) groups excluding carboxylic acids is 2. The number of hydrogen-bond donors (Lipinski definition) is 2. The van der Waals surface area contributed by atoms with Crippen molar-refractivity contribution in [2.75, 3.05) is 29.1 Å². The third-order valence-corrected chi connectivity index (χ3v) is 5.03. The average molecular weight is 448 g/mol. The molecule has 33 heavy (non-hydrogen) atoms. The van der Waals surface area contributed by atoms with Gasteiger partial charge in [0.2, 0.25) is 17.8 Å². The Morgan fingerprint density at radius 3 is 2.64 bits per heavy atom. The lowest BCUT2D eigenvalue weighted by Gasteiger charge is -2.16. The van der Waals surface area contributed by atoms with Crippen molar-refractivity contribution in [2.45, 2.75) is 26.4 Å². The SMILES string of the molecule is Cc1ccccc1Nc1nc(N)nc(COC(=O)COc2ccc(N3CCCC3=O)cc2)n1. The molecule has 2 aromatic carbocycles. The van der Waals surface area contributed by atoms with E-state index in [1.807, 2.05) is 31.2 Å². The summed E-state index contributed by atoms with van der Waals surface area (Å²) in [5.41, 5.74) is 8.43. The standard InChI is InChI=1S/C23H24N6O4/c1-15-5-2-3-6-18(15)25-23-27-19(26-22(24)28-23)13-33-21(31)14-32-17-10-8-16(9-11-17)29-12-4-7-20(29)30/h2-3,5-6,8-11H,4,7,12-14H2,1H3,(H3,24,25,26,27,28). The fourth-order valence-corrected chi connectivity index (χ4v) is 3.36. The molecule has 0 bridgehead atoms. The minimum atomic E-state index is -0.582. The van der Waals surface area contributed by atoms with E-state index in [1.165, 1.54) is 0 Å². The van der Waals surface area contributed by atoms with Crippen LogP contribution < -0.4 is 20.7 Å². The van der Waals surface area contributed by atoms with E-state index in [0.29, 0.717) is 12.2 Å². The number of nitrogen functional groups attached to an aromatic ring is 1. The van der Waals surface area contributed by atoms with Crippen LogP contribution in [0.3, 0.4) is 0 Å². The maximum Gasteiger partial charge on any atom is 0.344 e. The first-order chi connectivity index (χ1) is 16.0. The molecule has 1 amide bonds. The van der Waals surface area contributed by atoms with Gasteiger partial charge in [0.25, 0.3) is 0 Å². The summed E-state index contributed by atoms with van der Waals surface area (Å²) in [7, 11) is 0. The Morgan fingerprint density at radius 1 is 1.12 bits per heavy atom. The van der Waals surface area contributed by atoms with E-state index in [4.69, 9.17) is 15.2 Å². The number of aromatic nitrogens is 3. The molecular formula is C23H24N6O4. The fourth-order valence-electron chi connectivity index (χ4n) is 3.36. The van der Waals surface area contributed by atoms with Gasteiger partial charge in [-0.2, -0.15) is 15.0 Å². The molecule has 0 unspecified atom stereocenters. The number of nitrogens with one attached hydrogen (secondary N) is 1. The van der Waals surface area contributed by atoms with Crippen LogP contribution in [0.1, 0.15) is 24.2 Å². The summed E-state index contributed by atoms with van der Waals surface area (Å²) >= 11 is 0. The largest absolute Gasteiger partial charge is 0.482 e. The maximum absolute atomic E-state index is 12.1. The summed E-state index contributed by atoms with van der Waals surface area (Å²) in [6.07, 6.45) is 1.43. The first kappa shape index (κ1) is 22.0. The zero-order valence-electron chi connectivity index (χ0n) is 18.2. The second kappa shape index (κ2) is 9.94. The highest BCUT2D eigenvalue weighted by atomic mass is 16.6. The molecule has 1 aliphatic rings. The number of aryl methyl sites for hydroxylation is 1. The van der Waals surface area contributed by atoms with Crippen molar-refractivity contribution in [1.82, 2.24) is 15.0 Å². The molecule has 0 spiro atoms. The third-order valence-electron chi connectivity index (χ3n) is 5.03. The van der Waals surface area contributed by atoms with Crippen molar-refractivity contribution in [1.29, 1.82) is 0 Å². The molecule has 1 aliphatic heterocycles. The van der Waals surface area contributed by atoms with E-state index in [0.717, 1.165) is 29.9 Å². The molecule has 0 radical (unpaired) electrons. The van der Waals surface area contributed by atoms with Crippen molar-refractivity contribution >= 4 is 35.1 Å². The van der Waals surface area contributed by atoms with E-state index in [2.05, 4.69) is 20.3 Å². The van der Waals surface area contributed by atoms with Crippen LogP contribution in [-0.2, 0) is 20.9 Å². The topological polar surface area (TPSA) is 133 Å². The molecule has 3 N–H and O–H groups in total. The molecule has 0 saturated carbocycles. The zero-order chi connectivity index (χ0) is 23.2. The highest BCUT2D eigenvalue weighted by molar-refractivity contribution is 5.95. The third kappa shape index (κ3) is 5.73. The Bertz CT molecular complexity index is 1150. The molecule has 10 nitrogen and oxygen atoms in total. The minimum Gasteiger partial charge on any atom is -0.482 e. The van der Waals surface area contributed by atoms with Gasteiger partial charge < -0.3 is 25.4 Å². The molecule has 10 heteroatoms. The van der Waals surface area contributed by atoms with Crippen LogP contribution >= 0.6 is 0 Å². The normalized spacial score (nSPS) is 13.1. The lowest BCUT2D eigenvalue weighted by atomic mass is 10.2. The van der Waals surface area contributed by atoms with Crippen LogP contribution in [0.25, 0.3) is 0 Å². The summed E-state index contributed by atoms with van der Waals surface area (Å²) in [4.78, 5) is 38.0. The van der Waals surface area contributed by atoms with E-state index in [1.54, 1.807) is 29.2 Å². The van der Waals surface area contributed by atoms with Gasteiger partial charge in [0, 0.05) is 24.3 Å². The summed E-state index contributed by atoms with van der Waals surface area (Å²) in [5, 5.41) is 3.08. The second-order valence-electron chi connectivity index (χ2n) is 7.47. The maximum atomic E-state index is 12.1. The lowest BCUT2D eigenvalue weighted by Crippen LogP contribution is -2.23. The molecule has 1 fully saturated rings. The first-order valence-corrected chi connectivity index (χ1v) is 10.5. The Hall–Kier alpha value is -4.21. The smallest absolute Gasteiger partial charge is 0.344 e.